The Bertz CT molecular complexity index is 737. The van der Waals surface area contributed by atoms with E-state index in [-0.39, 0.29) is 11.6 Å². The Kier molecular flexibility index (Phi) is 3.28. The van der Waals surface area contributed by atoms with Crippen LogP contribution >= 0.6 is 27.3 Å². The summed E-state index contributed by atoms with van der Waals surface area (Å²) in [5, 5.41) is 2.54. The van der Waals surface area contributed by atoms with Gasteiger partial charge in [0.2, 0.25) is 5.88 Å². The maximum Gasteiger partial charge on any atom is 0.243 e. The number of hydrogen-bond acceptors (Lipinski definition) is 3. The van der Waals surface area contributed by atoms with Crippen LogP contribution in [0.3, 0.4) is 0 Å². The minimum atomic E-state index is -0.348. The molecule has 0 amide bonds. The molecule has 3 aromatic rings. The van der Waals surface area contributed by atoms with Crippen molar-refractivity contribution in [1.82, 2.24) is 9.38 Å². The van der Waals surface area contributed by atoms with Crippen molar-refractivity contribution in [3.05, 3.63) is 46.9 Å². The fourth-order valence-electron chi connectivity index (χ4n) is 1.82. The summed E-state index contributed by atoms with van der Waals surface area (Å²) >= 11 is 4.92. The number of halogens is 2. The zero-order valence-electron chi connectivity index (χ0n) is 10.1. The summed E-state index contributed by atoms with van der Waals surface area (Å²) in [5.41, 5.74) is 1.43. The van der Waals surface area contributed by atoms with Gasteiger partial charge in [0.05, 0.1) is 5.69 Å². The number of hydrogen-bond donors (Lipinski definition) is 0. The molecule has 2 aromatic heterocycles. The number of alkyl halides is 1. The summed E-state index contributed by atoms with van der Waals surface area (Å²) in [6.07, 6.45) is 1.92. The van der Waals surface area contributed by atoms with E-state index in [4.69, 9.17) is 4.74 Å². The number of rotatable bonds is 3. The number of nitrogens with zero attached hydrogens (tertiary/aromatic N) is 2. The molecule has 0 aliphatic rings. The van der Waals surface area contributed by atoms with E-state index in [0.717, 1.165) is 10.7 Å². The van der Waals surface area contributed by atoms with Crippen LogP contribution in [0, 0.1) is 12.7 Å². The highest BCUT2D eigenvalue weighted by Crippen LogP contribution is 2.31. The molecule has 0 bridgehead atoms. The van der Waals surface area contributed by atoms with Gasteiger partial charge in [-0.25, -0.2) is 4.39 Å². The van der Waals surface area contributed by atoms with Crippen molar-refractivity contribution >= 4 is 32.2 Å². The van der Waals surface area contributed by atoms with E-state index in [1.165, 1.54) is 11.3 Å². The summed E-state index contributed by atoms with van der Waals surface area (Å²) < 4.78 is 21.5. The predicted molar refractivity (Wildman–Crippen MR) is 76.9 cm³/mol. The van der Waals surface area contributed by atoms with Crippen LogP contribution in [0.5, 0.6) is 11.6 Å². The average molecular weight is 341 g/mol. The number of ether oxygens (including phenoxy) is 1. The Labute approximate surface area is 121 Å². The standard InChI is InChI=1S/C13H10BrFN2OS/c1-8-3-2-4-10(11(8)15)18-12-9(7-14)17-5-6-19-13(17)16-12/h2-6H,7H2,1H3. The third kappa shape index (κ3) is 2.15. The number of fused-ring (bicyclic) bond motifs is 1. The molecule has 6 heteroatoms. The zero-order valence-corrected chi connectivity index (χ0v) is 12.5. The molecular weight excluding hydrogens is 331 g/mol. The number of aromatic nitrogens is 2. The first-order valence-electron chi connectivity index (χ1n) is 5.64. The molecule has 0 unspecified atom stereocenters. The van der Waals surface area contributed by atoms with E-state index in [0.29, 0.717) is 16.8 Å². The number of thiazole rings is 1. The van der Waals surface area contributed by atoms with Gasteiger partial charge in [0.25, 0.3) is 0 Å². The van der Waals surface area contributed by atoms with Crippen molar-refractivity contribution in [2.45, 2.75) is 12.3 Å². The smallest absolute Gasteiger partial charge is 0.243 e. The van der Waals surface area contributed by atoms with Gasteiger partial charge in [-0.3, -0.25) is 4.40 Å². The monoisotopic (exact) mass is 340 g/mol. The van der Waals surface area contributed by atoms with Crippen molar-refractivity contribution in [3.63, 3.8) is 0 Å². The van der Waals surface area contributed by atoms with Crippen LogP contribution in [0.1, 0.15) is 11.3 Å². The van der Waals surface area contributed by atoms with Crippen molar-refractivity contribution in [1.29, 1.82) is 0 Å². The molecular formula is C13H10BrFN2OS. The molecule has 0 fully saturated rings. The van der Waals surface area contributed by atoms with Gasteiger partial charge in [-0.05, 0) is 18.6 Å². The second-order valence-corrected chi connectivity index (χ2v) is 5.48. The molecule has 0 aliphatic carbocycles. The summed E-state index contributed by atoms with van der Waals surface area (Å²) in [6, 6.07) is 5.08. The van der Waals surface area contributed by atoms with Crippen LogP contribution in [0.15, 0.2) is 29.8 Å². The highest BCUT2D eigenvalue weighted by atomic mass is 79.9. The third-order valence-corrected chi connectivity index (χ3v) is 4.10. The van der Waals surface area contributed by atoms with Gasteiger partial charge in [-0.1, -0.05) is 28.1 Å². The molecule has 0 aliphatic heterocycles. The van der Waals surface area contributed by atoms with E-state index in [1.54, 1.807) is 25.1 Å². The summed E-state index contributed by atoms with van der Waals surface area (Å²) in [7, 11) is 0. The molecule has 3 rings (SSSR count). The largest absolute Gasteiger partial charge is 0.434 e. The second kappa shape index (κ2) is 4.94. The summed E-state index contributed by atoms with van der Waals surface area (Å²) in [5.74, 6) is 0.292. The van der Waals surface area contributed by atoms with Crippen LogP contribution in [-0.2, 0) is 5.33 Å². The molecule has 0 radical (unpaired) electrons. The molecule has 0 saturated heterocycles. The summed E-state index contributed by atoms with van der Waals surface area (Å²) in [4.78, 5) is 5.20. The summed E-state index contributed by atoms with van der Waals surface area (Å²) in [6.45, 7) is 1.71. The fraction of sp³-hybridized carbons (Fsp3) is 0.154. The first-order chi connectivity index (χ1) is 9.20. The third-order valence-electron chi connectivity index (χ3n) is 2.81. The Balaban J connectivity index is 2.05. The lowest BCUT2D eigenvalue weighted by Gasteiger charge is -2.06. The van der Waals surface area contributed by atoms with E-state index in [1.807, 2.05) is 16.0 Å². The molecule has 3 nitrogen and oxygen atoms in total. The SMILES string of the molecule is Cc1cccc(Oc2nc3sccn3c2CBr)c1F. The lowest BCUT2D eigenvalue weighted by Crippen LogP contribution is -1.94. The predicted octanol–water partition coefficient (Wildman–Crippen LogP) is 4.53. The second-order valence-electron chi connectivity index (χ2n) is 4.04. The minimum Gasteiger partial charge on any atom is -0.434 e. The van der Waals surface area contributed by atoms with Crippen LogP contribution < -0.4 is 4.74 Å². The Hall–Kier alpha value is -1.40. The molecule has 98 valence electrons. The highest BCUT2D eigenvalue weighted by Gasteiger charge is 2.16. The number of benzene rings is 1. The van der Waals surface area contributed by atoms with Crippen LogP contribution in [0.2, 0.25) is 0 Å². The van der Waals surface area contributed by atoms with Gasteiger partial charge in [0.15, 0.2) is 16.5 Å². The van der Waals surface area contributed by atoms with Gasteiger partial charge in [-0.15, -0.1) is 11.3 Å². The van der Waals surface area contributed by atoms with Gasteiger partial charge in [0.1, 0.15) is 0 Å². The fourth-order valence-corrected chi connectivity index (χ4v) is 3.05. The average Bonchev–Trinajstić information content (AvgIpc) is 2.95. The first kappa shape index (κ1) is 12.6. The Morgan fingerprint density at radius 3 is 3.11 bits per heavy atom. The van der Waals surface area contributed by atoms with E-state index < -0.39 is 0 Å². The Morgan fingerprint density at radius 1 is 1.47 bits per heavy atom. The van der Waals surface area contributed by atoms with Crippen molar-refractivity contribution in [3.8, 4) is 11.6 Å². The van der Waals surface area contributed by atoms with E-state index >= 15 is 0 Å². The van der Waals surface area contributed by atoms with Gasteiger partial charge in [-0.2, -0.15) is 4.98 Å². The molecule has 0 N–H and O–H groups in total. The zero-order chi connectivity index (χ0) is 13.4. The lowest BCUT2D eigenvalue weighted by molar-refractivity contribution is 0.425. The topological polar surface area (TPSA) is 26.5 Å². The van der Waals surface area contributed by atoms with E-state index in [2.05, 4.69) is 20.9 Å². The highest BCUT2D eigenvalue weighted by molar-refractivity contribution is 9.08. The molecule has 1 aromatic carbocycles. The number of imidazole rings is 1. The van der Waals surface area contributed by atoms with Crippen molar-refractivity contribution < 1.29 is 9.13 Å². The van der Waals surface area contributed by atoms with Crippen molar-refractivity contribution in [2.24, 2.45) is 0 Å². The Morgan fingerprint density at radius 2 is 2.32 bits per heavy atom. The van der Waals surface area contributed by atoms with Gasteiger partial charge in [0, 0.05) is 16.9 Å². The van der Waals surface area contributed by atoms with Crippen LogP contribution in [0.4, 0.5) is 4.39 Å². The number of aryl methyl sites for hydroxylation is 1. The maximum absolute atomic E-state index is 13.9. The normalized spacial score (nSPS) is 11.1. The van der Waals surface area contributed by atoms with E-state index in [9.17, 15) is 4.39 Å². The maximum atomic E-state index is 13.9. The molecule has 0 saturated carbocycles. The molecule has 2 heterocycles. The van der Waals surface area contributed by atoms with Gasteiger partial charge >= 0.3 is 0 Å². The van der Waals surface area contributed by atoms with Gasteiger partial charge < -0.3 is 4.74 Å². The van der Waals surface area contributed by atoms with Crippen molar-refractivity contribution in [2.75, 3.05) is 0 Å². The lowest BCUT2D eigenvalue weighted by atomic mass is 10.2. The van der Waals surface area contributed by atoms with Crippen LogP contribution in [-0.4, -0.2) is 9.38 Å². The molecule has 19 heavy (non-hydrogen) atoms. The molecule has 0 atom stereocenters. The quantitative estimate of drug-likeness (QED) is 0.655. The molecule has 0 spiro atoms. The first-order valence-corrected chi connectivity index (χ1v) is 7.64. The minimum absolute atomic E-state index is 0.202. The van der Waals surface area contributed by atoms with Crippen LogP contribution in [0.25, 0.3) is 4.96 Å².